The summed E-state index contributed by atoms with van der Waals surface area (Å²) in [5.41, 5.74) is 0.489. The van der Waals surface area contributed by atoms with Crippen LogP contribution in [0, 0.1) is 5.41 Å². The highest BCUT2D eigenvalue weighted by atomic mass is 16.5. The molecule has 0 aromatic heterocycles. The van der Waals surface area contributed by atoms with Crippen LogP contribution >= 0.6 is 0 Å². The number of likely N-dealkylation sites (tertiary alicyclic amines) is 1. The molecular weight excluding hydrogens is 248 g/mol. The fraction of sp³-hybridized carbons (Fsp3) is 1.00. The molecule has 3 aliphatic rings. The van der Waals surface area contributed by atoms with Gasteiger partial charge in [0, 0.05) is 30.1 Å². The molecular formula is C17H32N2O. The summed E-state index contributed by atoms with van der Waals surface area (Å²) in [6.45, 7) is 6.63. The van der Waals surface area contributed by atoms with E-state index in [2.05, 4.69) is 31.1 Å². The van der Waals surface area contributed by atoms with Crippen LogP contribution in [0.15, 0.2) is 0 Å². The van der Waals surface area contributed by atoms with Crippen molar-refractivity contribution >= 4 is 0 Å². The molecule has 0 bridgehead atoms. The van der Waals surface area contributed by atoms with Crippen molar-refractivity contribution in [2.75, 3.05) is 20.2 Å². The lowest BCUT2D eigenvalue weighted by Gasteiger charge is -2.56. The van der Waals surface area contributed by atoms with Crippen LogP contribution in [-0.4, -0.2) is 49.3 Å². The van der Waals surface area contributed by atoms with Gasteiger partial charge in [0.05, 0.1) is 6.10 Å². The van der Waals surface area contributed by atoms with Gasteiger partial charge in [-0.2, -0.15) is 0 Å². The number of nitrogens with one attached hydrogen (secondary N) is 1. The van der Waals surface area contributed by atoms with Crippen molar-refractivity contribution in [3.05, 3.63) is 0 Å². The molecule has 4 atom stereocenters. The van der Waals surface area contributed by atoms with Crippen LogP contribution in [0.25, 0.3) is 0 Å². The van der Waals surface area contributed by atoms with Gasteiger partial charge in [0.25, 0.3) is 0 Å². The number of ether oxygens (including phenoxy) is 1. The Morgan fingerprint density at radius 1 is 1.25 bits per heavy atom. The second-order valence-electron chi connectivity index (χ2n) is 7.39. The van der Waals surface area contributed by atoms with Crippen molar-refractivity contribution in [3.8, 4) is 0 Å². The van der Waals surface area contributed by atoms with Gasteiger partial charge in [0.1, 0.15) is 0 Å². The Balaban J connectivity index is 1.58. The Labute approximate surface area is 124 Å². The lowest BCUT2D eigenvalue weighted by molar-refractivity contribution is -0.134. The Morgan fingerprint density at radius 2 is 2.00 bits per heavy atom. The minimum atomic E-state index is 0.489. The molecule has 0 unspecified atom stereocenters. The van der Waals surface area contributed by atoms with Gasteiger partial charge in [-0.25, -0.2) is 0 Å². The minimum Gasteiger partial charge on any atom is -0.378 e. The van der Waals surface area contributed by atoms with Crippen molar-refractivity contribution < 1.29 is 4.74 Å². The summed E-state index contributed by atoms with van der Waals surface area (Å²) >= 11 is 0. The summed E-state index contributed by atoms with van der Waals surface area (Å²) in [5.74, 6) is 0. The monoisotopic (exact) mass is 280 g/mol. The quantitative estimate of drug-likeness (QED) is 0.857. The van der Waals surface area contributed by atoms with E-state index in [1.807, 2.05) is 0 Å². The highest BCUT2D eigenvalue weighted by Gasteiger charge is 2.56. The molecule has 3 rings (SSSR count). The summed E-state index contributed by atoms with van der Waals surface area (Å²) in [4.78, 5) is 2.49. The maximum absolute atomic E-state index is 6.02. The number of hydrogen-bond donors (Lipinski definition) is 1. The molecule has 3 fully saturated rings. The number of nitrogens with zero attached hydrogens (tertiary/aromatic N) is 1. The highest BCUT2D eigenvalue weighted by Crippen LogP contribution is 2.55. The molecule has 1 aliphatic heterocycles. The van der Waals surface area contributed by atoms with E-state index < -0.39 is 0 Å². The first-order chi connectivity index (χ1) is 9.65. The molecule has 0 aromatic rings. The van der Waals surface area contributed by atoms with Gasteiger partial charge in [-0.1, -0.05) is 12.8 Å². The van der Waals surface area contributed by atoms with Crippen LogP contribution < -0.4 is 5.32 Å². The maximum Gasteiger partial charge on any atom is 0.0661 e. The zero-order valence-corrected chi connectivity index (χ0v) is 13.5. The highest BCUT2D eigenvalue weighted by molar-refractivity contribution is 5.10. The molecule has 20 heavy (non-hydrogen) atoms. The predicted molar refractivity (Wildman–Crippen MR) is 83.0 cm³/mol. The van der Waals surface area contributed by atoms with Crippen molar-refractivity contribution in [3.63, 3.8) is 0 Å². The molecule has 1 saturated heterocycles. The Kier molecular flexibility index (Phi) is 4.40. The first-order valence-electron chi connectivity index (χ1n) is 8.73. The summed E-state index contributed by atoms with van der Waals surface area (Å²) in [6.07, 6.45) is 9.99. The zero-order chi connectivity index (χ0) is 14.2. The fourth-order valence-electron chi connectivity index (χ4n) is 4.85. The second-order valence-corrected chi connectivity index (χ2v) is 7.39. The van der Waals surface area contributed by atoms with Gasteiger partial charge in [0.15, 0.2) is 0 Å². The normalized spacial score (nSPS) is 41.0. The molecule has 0 aromatic carbocycles. The first kappa shape index (κ1) is 14.8. The third-order valence-electron chi connectivity index (χ3n) is 6.33. The largest absolute Gasteiger partial charge is 0.378 e. The third-order valence-corrected chi connectivity index (χ3v) is 6.33. The number of piperidine rings is 1. The third kappa shape index (κ3) is 2.53. The molecule has 3 heteroatoms. The van der Waals surface area contributed by atoms with Crippen LogP contribution in [-0.2, 0) is 4.74 Å². The van der Waals surface area contributed by atoms with Gasteiger partial charge in [-0.15, -0.1) is 0 Å². The summed E-state index contributed by atoms with van der Waals surface area (Å²) in [5, 5.41) is 4.02. The van der Waals surface area contributed by atoms with Crippen molar-refractivity contribution in [1.82, 2.24) is 10.2 Å². The number of rotatable bonds is 4. The fourth-order valence-corrected chi connectivity index (χ4v) is 4.85. The molecule has 0 radical (unpaired) electrons. The Morgan fingerprint density at radius 3 is 2.65 bits per heavy atom. The van der Waals surface area contributed by atoms with Crippen molar-refractivity contribution in [2.45, 2.75) is 83.0 Å². The minimum absolute atomic E-state index is 0.489. The van der Waals surface area contributed by atoms with E-state index in [4.69, 9.17) is 4.74 Å². The Bertz CT molecular complexity index is 327. The van der Waals surface area contributed by atoms with Gasteiger partial charge in [0.2, 0.25) is 0 Å². The van der Waals surface area contributed by atoms with E-state index in [0.717, 1.165) is 24.7 Å². The lowest BCUT2D eigenvalue weighted by atomic mass is 9.60. The summed E-state index contributed by atoms with van der Waals surface area (Å²) in [7, 11) is 2.26. The van der Waals surface area contributed by atoms with Crippen molar-refractivity contribution in [1.29, 1.82) is 0 Å². The SMILES string of the molecule is CCO[C@@H]1C[C@H](N[C@@H]2CCN(C)[C@@H](C)C2)C12CCCC2. The number of hydrogen-bond acceptors (Lipinski definition) is 3. The second kappa shape index (κ2) is 5.94. The molecule has 1 N–H and O–H groups in total. The van der Waals surface area contributed by atoms with E-state index in [1.54, 1.807) is 0 Å². The van der Waals surface area contributed by atoms with Gasteiger partial charge in [-0.3, -0.25) is 0 Å². The first-order valence-corrected chi connectivity index (χ1v) is 8.73. The zero-order valence-electron chi connectivity index (χ0n) is 13.5. The van der Waals surface area contributed by atoms with Gasteiger partial charge < -0.3 is 15.0 Å². The maximum atomic E-state index is 6.02. The van der Waals surface area contributed by atoms with E-state index in [1.165, 1.54) is 51.5 Å². The average molecular weight is 280 g/mol. The van der Waals surface area contributed by atoms with Gasteiger partial charge >= 0.3 is 0 Å². The van der Waals surface area contributed by atoms with E-state index in [0.29, 0.717) is 11.5 Å². The topological polar surface area (TPSA) is 24.5 Å². The van der Waals surface area contributed by atoms with E-state index in [-0.39, 0.29) is 0 Å². The lowest BCUT2D eigenvalue weighted by Crippen LogP contribution is -2.65. The average Bonchev–Trinajstić information content (AvgIpc) is 2.94. The smallest absolute Gasteiger partial charge is 0.0661 e. The molecule has 1 heterocycles. The molecule has 1 spiro atoms. The summed E-state index contributed by atoms with van der Waals surface area (Å²) in [6, 6.07) is 2.18. The molecule has 2 aliphatic carbocycles. The van der Waals surface area contributed by atoms with Gasteiger partial charge in [-0.05, 0) is 59.5 Å². The molecule has 3 nitrogen and oxygen atoms in total. The standard InChI is InChI=1S/C17H32N2O/c1-4-20-16-12-15(17(16)8-5-6-9-17)18-14-7-10-19(3)13(2)11-14/h13-16,18H,4-12H2,1-3H3/t13-,14+,15-,16+/m0/s1. The van der Waals surface area contributed by atoms with Crippen LogP contribution in [0.5, 0.6) is 0 Å². The molecule has 2 saturated carbocycles. The van der Waals surface area contributed by atoms with Crippen LogP contribution in [0.2, 0.25) is 0 Å². The molecule has 116 valence electrons. The van der Waals surface area contributed by atoms with Crippen LogP contribution in [0.3, 0.4) is 0 Å². The van der Waals surface area contributed by atoms with E-state index >= 15 is 0 Å². The van der Waals surface area contributed by atoms with Crippen LogP contribution in [0.4, 0.5) is 0 Å². The predicted octanol–water partition coefficient (Wildman–Crippen LogP) is 2.80. The summed E-state index contributed by atoms with van der Waals surface area (Å²) < 4.78 is 6.02. The van der Waals surface area contributed by atoms with Crippen LogP contribution in [0.1, 0.15) is 58.8 Å². The van der Waals surface area contributed by atoms with Crippen molar-refractivity contribution in [2.24, 2.45) is 5.41 Å². The molecule has 0 amide bonds. The Hall–Kier alpha value is -0.120. The van der Waals surface area contributed by atoms with E-state index in [9.17, 15) is 0 Å².